The molecule has 1 amide bonds. The average molecular weight is 432 g/mol. The van der Waals surface area contributed by atoms with E-state index in [2.05, 4.69) is 11.6 Å². The van der Waals surface area contributed by atoms with E-state index in [0.29, 0.717) is 41.9 Å². The highest BCUT2D eigenvalue weighted by molar-refractivity contribution is 7.92. The first-order valence-electron chi connectivity index (χ1n) is 9.77. The standard InChI is InChI=1S/C21H24N2O6S/c1-14-7-9-23(10-8-14)21(24)17-12-16(4-6-18(17)27-2)30(25,26)22-15-3-5-19-20(11-15)29-13-28-19/h3-6,11-12,14,22H,7-10,13H2,1-2H3. The van der Waals surface area contributed by atoms with Crippen molar-refractivity contribution < 1.29 is 27.4 Å². The molecule has 0 spiro atoms. The van der Waals surface area contributed by atoms with Gasteiger partial charge in [0.2, 0.25) is 6.79 Å². The van der Waals surface area contributed by atoms with Crippen LogP contribution in [0.2, 0.25) is 0 Å². The van der Waals surface area contributed by atoms with Gasteiger partial charge in [0.05, 0.1) is 23.3 Å². The number of sulfonamides is 1. The molecule has 160 valence electrons. The number of nitrogens with zero attached hydrogens (tertiary/aromatic N) is 1. The summed E-state index contributed by atoms with van der Waals surface area (Å²) in [5.41, 5.74) is 0.577. The van der Waals surface area contributed by atoms with Gasteiger partial charge in [-0.1, -0.05) is 6.92 Å². The molecule has 0 unspecified atom stereocenters. The van der Waals surface area contributed by atoms with Gasteiger partial charge < -0.3 is 19.1 Å². The van der Waals surface area contributed by atoms with Crippen molar-refractivity contribution in [1.29, 1.82) is 0 Å². The van der Waals surface area contributed by atoms with Crippen molar-refractivity contribution in [3.8, 4) is 17.2 Å². The van der Waals surface area contributed by atoms with E-state index in [1.54, 1.807) is 23.1 Å². The zero-order valence-electron chi connectivity index (χ0n) is 16.9. The maximum absolute atomic E-state index is 13.1. The number of piperidine rings is 1. The van der Waals surface area contributed by atoms with Crippen molar-refractivity contribution in [2.45, 2.75) is 24.7 Å². The second kappa shape index (κ2) is 8.06. The molecule has 9 heteroatoms. The summed E-state index contributed by atoms with van der Waals surface area (Å²) in [6.07, 6.45) is 1.86. The van der Waals surface area contributed by atoms with Gasteiger partial charge in [0.25, 0.3) is 15.9 Å². The van der Waals surface area contributed by atoms with Crippen LogP contribution in [-0.4, -0.2) is 46.2 Å². The Morgan fingerprint density at radius 2 is 1.83 bits per heavy atom. The molecule has 0 atom stereocenters. The fourth-order valence-electron chi connectivity index (χ4n) is 3.58. The van der Waals surface area contributed by atoms with Gasteiger partial charge in [-0.3, -0.25) is 9.52 Å². The third-order valence-corrected chi connectivity index (χ3v) is 6.79. The molecule has 0 radical (unpaired) electrons. The molecule has 2 aliphatic heterocycles. The quantitative estimate of drug-likeness (QED) is 0.780. The van der Waals surface area contributed by atoms with Crippen LogP contribution in [0.15, 0.2) is 41.3 Å². The number of methoxy groups -OCH3 is 1. The summed E-state index contributed by atoms with van der Waals surface area (Å²) in [4.78, 5) is 14.8. The maximum Gasteiger partial charge on any atom is 0.261 e. The number of benzene rings is 2. The lowest BCUT2D eigenvalue weighted by atomic mass is 9.98. The Hall–Kier alpha value is -2.94. The Labute approximate surface area is 175 Å². The van der Waals surface area contributed by atoms with Gasteiger partial charge >= 0.3 is 0 Å². The molecule has 8 nitrogen and oxygen atoms in total. The number of anilines is 1. The molecule has 1 fully saturated rings. The minimum absolute atomic E-state index is 0.0188. The Balaban J connectivity index is 1.60. The fourth-order valence-corrected chi connectivity index (χ4v) is 4.65. The third-order valence-electron chi connectivity index (χ3n) is 5.41. The molecule has 2 heterocycles. The van der Waals surface area contributed by atoms with E-state index in [4.69, 9.17) is 14.2 Å². The number of fused-ring (bicyclic) bond motifs is 1. The Bertz CT molecular complexity index is 1060. The predicted molar refractivity (Wildman–Crippen MR) is 111 cm³/mol. The lowest BCUT2D eigenvalue weighted by Gasteiger charge is -2.30. The number of carbonyl (C=O) groups excluding carboxylic acids is 1. The first-order chi connectivity index (χ1) is 14.4. The molecule has 0 aliphatic carbocycles. The Morgan fingerprint density at radius 3 is 2.57 bits per heavy atom. The summed E-state index contributed by atoms with van der Waals surface area (Å²) in [5.74, 6) is 1.74. The van der Waals surface area contributed by atoms with Crippen LogP contribution in [0.5, 0.6) is 17.2 Å². The SMILES string of the molecule is COc1ccc(S(=O)(=O)Nc2ccc3c(c2)OCO3)cc1C(=O)N1CCC(C)CC1. The highest BCUT2D eigenvalue weighted by atomic mass is 32.2. The molecule has 30 heavy (non-hydrogen) atoms. The number of hydrogen-bond donors (Lipinski definition) is 1. The van der Waals surface area contributed by atoms with Crippen molar-refractivity contribution in [3.63, 3.8) is 0 Å². The zero-order valence-corrected chi connectivity index (χ0v) is 17.7. The summed E-state index contributed by atoms with van der Waals surface area (Å²) >= 11 is 0. The minimum Gasteiger partial charge on any atom is -0.496 e. The molecular formula is C21H24N2O6S. The van der Waals surface area contributed by atoms with Crippen LogP contribution in [0.4, 0.5) is 5.69 Å². The molecule has 0 aromatic heterocycles. The summed E-state index contributed by atoms with van der Waals surface area (Å²) in [6.45, 7) is 3.56. The minimum atomic E-state index is -3.92. The van der Waals surface area contributed by atoms with Crippen LogP contribution in [0.25, 0.3) is 0 Å². The molecule has 2 aromatic rings. The van der Waals surface area contributed by atoms with E-state index in [1.807, 2.05) is 0 Å². The largest absolute Gasteiger partial charge is 0.496 e. The van der Waals surface area contributed by atoms with Gasteiger partial charge in [0.15, 0.2) is 11.5 Å². The van der Waals surface area contributed by atoms with E-state index in [-0.39, 0.29) is 23.2 Å². The summed E-state index contributed by atoms with van der Waals surface area (Å²) in [6, 6.07) is 9.09. The molecule has 4 rings (SSSR count). The Morgan fingerprint density at radius 1 is 1.10 bits per heavy atom. The van der Waals surface area contributed by atoms with Crippen molar-refractivity contribution in [2.24, 2.45) is 5.92 Å². The van der Waals surface area contributed by atoms with Crippen LogP contribution >= 0.6 is 0 Å². The van der Waals surface area contributed by atoms with Crippen LogP contribution in [0.1, 0.15) is 30.1 Å². The van der Waals surface area contributed by atoms with Crippen LogP contribution in [0, 0.1) is 5.92 Å². The molecule has 1 N–H and O–H groups in total. The van der Waals surface area contributed by atoms with Crippen molar-refractivity contribution in [2.75, 3.05) is 31.7 Å². The molecule has 2 aromatic carbocycles. The van der Waals surface area contributed by atoms with E-state index < -0.39 is 10.0 Å². The van der Waals surface area contributed by atoms with Crippen LogP contribution in [0.3, 0.4) is 0 Å². The second-order valence-electron chi connectivity index (χ2n) is 7.51. The summed E-state index contributed by atoms with van der Waals surface area (Å²) in [7, 11) is -2.46. The normalized spacial score (nSPS) is 16.4. The van der Waals surface area contributed by atoms with Gasteiger partial charge in [-0.2, -0.15) is 0 Å². The van der Waals surface area contributed by atoms with Crippen LogP contribution < -0.4 is 18.9 Å². The number of hydrogen-bond acceptors (Lipinski definition) is 6. The maximum atomic E-state index is 13.1. The first kappa shape index (κ1) is 20.3. The molecule has 0 saturated carbocycles. The van der Waals surface area contributed by atoms with E-state index in [9.17, 15) is 13.2 Å². The van der Waals surface area contributed by atoms with Crippen LogP contribution in [-0.2, 0) is 10.0 Å². The summed E-state index contributed by atoms with van der Waals surface area (Å²) in [5, 5.41) is 0. The van der Waals surface area contributed by atoms with Gasteiger partial charge in [0.1, 0.15) is 5.75 Å². The predicted octanol–water partition coefficient (Wildman–Crippen LogP) is 3.10. The van der Waals surface area contributed by atoms with Crippen molar-refractivity contribution in [3.05, 3.63) is 42.0 Å². The molecule has 2 aliphatic rings. The lowest BCUT2D eigenvalue weighted by Crippen LogP contribution is -2.38. The highest BCUT2D eigenvalue weighted by Gasteiger charge is 2.26. The smallest absolute Gasteiger partial charge is 0.261 e. The number of carbonyl (C=O) groups is 1. The fraction of sp³-hybridized carbons (Fsp3) is 0.381. The average Bonchev–Trinajstić information content (AvgIpc) is 3.21. The Kier molecular flexibility index (Phi) is 5.46. The topological polar surface area (TPSA) is 94.2 Å². The third kappa shape index (κ3) is 4.02. The van der Waals surface area contributed by atoms with Gasteiger partial charge in [0, 0.05) is 19.2 Å². The molecule has 0 bridgehead atoms. The second-order valence-corrected chi connectivity index (χ2v) is 9.19. The van der Waals surface area contributed by atoms with Crippen molar-refractivity contribution in [1.82, 2.24) is 4.90 Å². The van der Waals surface area contributed by atoms with Gasteiger partial charge in [-0.15, -0.1) is 0 Å². The number of likely N-dealkylation sites (tertiary alicyclic amines) is 1. The van der Waals surface area contributed by atoms with Gasteiger partial charge in [-0.05, 0) is 49.1 Å². The lowest BCUT2D eigenvalue weighted by molar-refractivity contribution is 0.0693. The molecule has 1 saturated heterocycles. The van der Waals surface area contributed by atoms with E-state index in [1.165, 1.54) is 25.3 Å². The van der Waals surface area contributed by atoms with E-state index >= 15 is 0 Å². The van der Waals surface area contributed by atoms with Crippen molar-refractivity contribution >= 4 is 21.6 Å². The zero-order chi connectivity index (χ0) is 21.3. The first-order valence-corrected chi connectivity index (χ1v) is 11.3. The number of amides is 1. The number of ether oxygens (including phenoxy) is 3. The number of nitrogens with one attached hydrogen (secondary N) is 1. The van der Waals surface area contributed by atoms with Gasteiger partial charge in [-0.25, -0.2) is 8.42 Å². The highest BCUT2D eigenvalue weighted by Crippen LogP contribution is 2.35. The summed E-state index contributed by atoms with van der Waals surface area (Å²) < 4.78 is 44.3. The molecular weight excluding hydrogens is 408 g/mol. The monoisotopic (exact) mass is 432 g/mol. The number of rotatable bonds is 5. The van der Waals surface area contributed by atoms with E-state index in [0.717, 1.165) is 12.8 Å².